The highest BCUT2D eigenvalue weighted by atomic mass is 16.7. The first-order chi connectivity index (χ1) is 20.6. The summed E-state index contributed by atoms with van der Waals surface area (Å²) in [4.78, 5) is 51.7. The van der Waals surface area contributed by atoms with Crippen LogP contribution in [0.25, 0.3) is 0 Å². The van der Waals surface area contributed by atoms with Gasteiger partial charge < -0.3 is 28.4 Å². The molecule has 1 saturated heterocycles. The van der Waals surface area contributed by atoms with Crippen LogP contribution >= 0.6 is 0 Å². The minimum atomic E-state index is -3.08. The van der Waals surface area contributed by atoms with Crippen molar-refractivity contribution in [2.24, 2.45) is 0 Å². The molecule has 0 aliphatic carbocycles. The number of carbonyl (C=O) groups excluding carboxylic acids is 4. The van der Waals surface area contributed by atoms with Crippen LogP contribution in [-0.2, 0) is 33.2 Å². The van der Waals surface area contributed by atoms with E-state index in [4.69, 9.17) is 32.5 Å². The number of rotatable bonds is 9. The Morgan fingerprint density at radius 1 is 0.675 bits per heavy atom. The molecule has 40 heavy (non-hydrogen) atoms. The third kappa shape index (κ3) is 7.10. The summed E-state index contributed by atoms with van der Waals surface area (Å²) >= 11 is 0. The lowest BCUT2D eigenvalue weighted by Gasteiger charge is -2.43. The van der Waals surface area contributed by atoms with Gasteiger partial charge in [-0.25, -0.2) is 14.4 Å². The molecule has 0 unspecified atom stereocenters. The van der Waals surface area contributed by atoms with Gasteiger partial charge in [0.05, 0.1) is 16.7 Å². The van der Waals surface area contributed by atoms with E-state index < -0.39 is 68.0 Å². The van der Waals surface area contributed by atoms with Gasteiger partial charge >= 0.3 is 23.9 Å². The number of hydrogen-bond donors (Lipinski definition) is 0. The van der Waals surface area contributed by atoms with Crippen molar-refractivity contribution in [3.63, 3.8) is 0 Å². The minimum absolute atomic E-state index is 0.126. The molecule has 0 bridgehead atoms. The molecule has 3 aromatic carbocycles. The molecule has 0 aromatic heterocycles. The summed E-state index contributed by atoms with van der Waals surface area (Å²) in [5.41, 5.74) is 0.423. The summed E-state index contributed by atoms with van der Waals surface area (Å²) in [6, 6.07) is 23.7. The van der Waals surface area contributed by atoms with Crippen LogP contribution in [0.4, 0.5) is 0 Å². The molecule has 0 saturated carbocycles. The van der Waals surface area contributed by atoms with Crippen LogP contribution in [0.1, 0.15) is 42.0 Å². The Hall–Kier alpha value is -4.54. The first kappa shape index (κ1) is 24.5. The molecule has 0 amide bonds. The smallest absolute Gasteiger partial charge is 0.338 e. The Bertz CT molecular complexity index is 1400. The van der Waals surface area contributed by atoms with Crippen molar-refractivity contribution >= 4 is 23.9 Å². The molecule has 208 valence electrons. The van der Waals surface area contributed by atoms with Gasteiger partial charge in [0.15, 0.2) is 24.6 Å². The number of methoxy groups -OCH3 is 1. The first-order valence-corrected chi connectivity index (χ1v) is 12.2. The SMILES string of the molecule is [2H]C([2H])([2H])C(=O)OC[C@H]1O[C@@H](OC)[C@H](OC(=O)c2ccccc2)[C@@H](OC(=O)c2ccccc2)[C@H]1OC(=O)c1ccccc1. The van der Waals surface area contributed by atoms with Crippen molar-refractivity contribution in [3.8, 4) is 0 Å². The van der Waals surface area contributed by atoms with Gasteiger partial charge in [0.25, 0.3) is 0 Å². The highest BCUT2D eigenvalue weighted by Crippen LogP contribution is 2.31. The van der Waals surface area contributed by atoms with E-state index in [0.717, 1.165) is 0 Å². The van der Waals surface area contributed by atoms with Gasteiger partial charge in [-0.05, 0) is 36.4 Å². The van der Waals surface area contributed by atoms with E-state index in [-0.39, 0.29) is 16.7 Å². The van der Waals surface area contributed by atoms with Crippen molar-refractivity contribution in [1.29, 1.82) is 0 Å². The number of ether oxygens (including phenoxy) is 6. The van der Waals surface area contributed by atoms with Crippen molar-refractivity contribution in [1.82, 2.24) is 0 Å². The Balaban J connectivity index is 1.73. The van der Waals surface area contributed by atoms with Crippen LogP contribution in [0.5, 0.6) is 0 Å². The molecule has 10 heteroatoms. The molecule has 1 heterocycles. The molecule has 0 spiro atoms. The van der Waals surface area contributed by atoms with Gasteiger partial charge in [0.1, 0.15) is 12.7 Å². The Kier molecular flexibility index (Phi) is 8.27. The summed E-state index contributed by atoms with van der Waals surface area (Å²) in [5.74, 6) is -4.08. The van der Waals surface area contributed by atoms with Crippen molar-refractivity contribution < 1.29 is 51.7 Å². The van der Waals surface area contributed by atoms with Gasteiger partial charge in [0.2, 0.25) is 0 Å². The molecule has 10 nitrogen and oxygen atoms in total. The average Bonchev–Trinajstić information content (AvgIpc) is 3.02. The van der Waals surface area contributed by atoms with Crippen molar-refractivity contribution in [2.45, 2.75) is 37.6 Å². The van der Waals surface area contributed by atoms with Crippen LogP contribution in [0, 0.1) is 0 Å². The topological polar surface area (TPSA) is 124 Å². The number of benzene rings is 3. The summed E-state index contributed by atoms with van der Waals surface area (Å²) < 4.78 is 55.5. The maximum Gasteiger partial charge on any atom is 0.338 e. The van der Waals surface area contributed by atoms with Gasteiger partial charge in [-0.15, -0.1) is 0 Å². The summed E-state index contributed by atoms with van der Waals surface area (Å²) in [5, 5.41) is 0. The maximum absolute atomic E-state index is 13.3. The van der Waals surface area contributed by atoms with E-state index >= 15 is 0 Å². The molecule has 0 N–H and O–H groups in total. The van der Waals surface area contributed by atoms with E-state index in [1.54, 1.807) is 54.6 Å². The second-order valence-electron chi connectivity index (χ2n) is 8.58. The fraction of sp³-hybridized carbons (Fsp3) is 0.267. The number of carbonyl (C=O) groups is 4. The zero-order valence-corrected chi connectivity index (χ0v) is 21.3. The average molecular weight is 552 g/mol. The standard InChI is InChI=1S/C30H28O10/c1-19(31)36-18-23-24(38-27(32)20-12-6-3-7-13-20)25(39-28(33)21-14-8-4-9-15-21)26(30(35-2)37-23)40-29(34)22-16-10-5-11-17-22/h3-17,23-26,30H,18H2,1-2H3/t23-,24+,25+,26-,30-/m1/s1/i1D3. The largest absolute Gasteiger partial charge is 0.463 e. The van der Waals surface area contributed by atoms with Gasteiger partial charge in [-0.3, -0.25) is 4.79 Å². The quantitative estimate of drug-likeness (QED) is 0.288. The summed E-state index contributed by atoms with van der Waals surface area (Å²) in [6.07, 6.45) is -7.46. The maximum atomic E-state index is 13.3. The van der Waals surface area contributed by atoms with E-state index in [1.165, 1.54) is 43.5 Å². The lowest BCUT2D eigenvalue weighted by atomic mass is 9.97. The Labute approximate surface area is 234 Å². The molecule has 1 fully saturated rings. The fourth-order valence-corrected chi connectivity index (χ4v) is 4.06. The predicted octanol–water partition coefficient (Wildman–Crippen LogP) is 3.60. The number of hydrogen-bond acceptors (Lipinski definition) is 10. The zero-order chi connectivity index (χ0) is 31.0. The van der Waals surface area contributed by atoms with E-state index in [2.05, 4.69) is 0 Å². The third-order valence-corrected chi connectivity index (χ3v) is 5.96. The second kappa shape index (κ2) is 13.5. The van der Waals surface area contributed by atoms with Crippen LogP contribution in [-0.4, -0.2) is 68.3 Å². The molecule has 4 rings (SSSR count). The van der Waals surface area contributed by atoms with E-state index in [1.807, 2.05) is 0 Å². The van der Waals surface area contributed by atoms with Gasteiger partial charge in [0, 0.05) is 18.1 Å². The fourth-order valence-electron chi connectivity index (χ4n) is 4.06. The van der Waals surface area contributed by atoms with Gasteiger partial charge in [-0.2, -0.15) is 0 Å². The normalized spacial score (nSPS) is 23.4. The minimum Gasteiger partial charge on any atom is -0.463 e. The molecule has 3 aromatic rings. The Morgan fingerprint density at radius 2 is 1.10 bits per heavy atom. The molecule has 1 aliphatic heterocycles. The van der Waals surface area contributed by atoms with Crippen LogP contribution < -0.4 is 0 Å². The van der Waals surface area contributed by atoms with E-state index in [0.29, 0.717) is 0 Å². The molecule has 0 radical (unpaired) electrons. The summed E-state index contributed by atoms with van der Waals surface area (Å²) in [7, 11) is 1.23. The van der Waals surface area contributed by atoms with Crippen molar-refractivity contribution in [3.05, 3.63) is 108 Å². The third-order valence-electron chi connectivity index (χ3n) is 5.96. The van der Waals surface area contributed by atoms with Crippen LogP contribution in [0.3, 0.4) is 0 Å². The van der Waals surface area contributed by atoms with Crippen LogP contribution in [0.2, 0.25) is 0 Å². The summed E-state index contributed by atoms with van der Waals surface area (Å²) in [6.45, 7) is -3.82. The van der Waals surface area contributed by atoms with E-state index in [9.17, 15) is 19.2 Å². The van der Waals surface area contributed by atoms with Crippen molar-refractivity contribution in [2.75, 3.05) is 13.7 Å². The lowest BCUT2D eigenvalue weighted by Crippen LogP contribution is -2.63. The lowest BCUT2D eigenvalue weighted by molar-refractivity contribution is -0.292. The molecule has 1 aliphatic rings. The molecule has 5 atom stereocenters. The number of esters is 4. The molecular formula is C30H28O10. The monoisotopic (exact) mass is 551 g/mol. The Morgan fingerprint density at radius 3 is 1.52 bits per heavy atom. The highest BCUT2D eigenvalue weighted by Gasteiger charge is 2.53. The first-order valence-electron chi connectivity index (χ1n) is 13.7. The highest BCUT2D eigenvalue weighted by molar-refractivity contribution is 5.91. The van der Waals surface area contributed by atoms with Gasteiger partial charge in [-0.1, -0.05) is 54.6 Å². The molecular weight excluding hydrogens is 520 g/mol. The van der Waals surface area contributed by atoms with Crippen LogP contribution in [0.15, 0.2) is 91.0 Å². The second-order valence-corrected chi connectivity index (χ2v) is 8.58. The predicted molar refractivity (Wildman–Crippen MR) is 139 cm³/mol. The zero-order valence-electron chi connectivity index (χ0n) is 24.3.